The largest absolute Gasteiger partial charge is 0.449 e. The number of rotatable bonds is 4. The summed E-state index contributed by atoms with van der Waals surface area (Å²) in [7, 11) is 0. The van der Waals surface area contributed by atoms with Crippen molar-refractivity contribution < 1.29 is 9.53 Å². The minimum Gasteiger partial charge on any atom is -0.449 e. The number of nitrogens with one attached hydrogen (secondary N) is 1. The zero-order valence-electron chi connectivity index (χ0n) is 13.6. The standard InChI is InChI=1S/C21H21NO2/c1-2-21(12-7-13-21)22-20(23)24-14-19-17-10-5-3-8-15(17)16-9-4-6-11-18(16)19/h2-6,8-11,19H,1,7,12-14H2,(H,22,23). The third-order valence-corrected chi connectivity index (χ3v) is 5.33. The molecular formula is C21H21NO2. The SMILES string of the molecule is C=CC1(NC(=O)OCC2c3ccccc3-c3ccccc32)CCC1. The number of amides is 1. The number of hydrogen-bond donors (Lipinski definition) is 1. The summed E-state index contributed by atoms with van der Waals surface area (Å²) in [6, 6.07) is 16.7. The Labute approximate surface area is 142 Å². The molecule has 1 amide bonds. The first-order valence-corrected chi connectivity index (χ1v) is 8.49. The van der Waals surface area contributed by atoms with Crippen LogP contribution in [0.3, 0.4) is 0 Å². The molecule has 0 atom stereocenters. The van der Waals surface area contributed by atoms with E-state index in [0.29, 0.717) is 6.61 Å². The van der Waals surface area contributed by atoms with Crippen LogP contribution >= 0.6 is 0 Å². The molecule has 0 heterocycles. The molecule has 2 aliphatic carbocycles. The van der Waals surface area contributed by atoms with Crippen molar-refractivity contribution in [1.29, 1.82) is 0 Å². The van der Waals surface area contributed by atoms with Crippen LogP contribution in [-0.4, -0.2) is 18.2 Å². The van der Waals surface area contributed by atoms with Crippen LogP contribution in [0.1, 0.15) is 36.3 Å². The first-order valence-electron chi connectivity index (χ1n) is 8.49. The summed E-state index contributed by atoms with van der Waals surface area (Å²) < 4.78 is 5.58. The molecule has 0 aromatic heterocycles. The predicted molar refractivity (Wildman–Crippen MR) is 95.0 cm³/mol. The fourth-order valence-electron chi connectivity index (χ4n) is 3.78. The Hall–Kier alpha value is -2.55. The van der Waals surface area contributed by atoms with Crippen LogP contribution in [0.25, 0.3) is 11.1 Å². The fourth-order valence-corrected chi connectivity index (χ4v) is 3.78. The molecule has 122 valence electrons. The Morgan fingerprint density at radius 2 is 1.71 bits per heavy atom. The summed E-state index contributed by atoms with van der Waals surface area (Å²) >= 11 is 0. The fraction of sp³-hybridized carbons (Fsp3) is 0.286. The van der Waals surface area contributed by atoms with Crippen LogP contribution in [0.2, 0.25) is 0 Å². The van der Waals surface area contributed by atoms with E-state index in [0.717, 1.165) is 19.3 Å². The highest BCUT2D eigenvalue weighted by atomic mass is 16.5. The Morgan fingerprint density at radius 1 is 1.12 bits per heavy atom. The van der Waals surface area contributed by atoms with Crippen molar-refractivity contribution in [2.24, 2.45) is 0 Å². The van der Waals surface area contributed by atoms with E-state index in [9.17, 15) is 4.79 Å². The summed E-state index contributed by atoms with van der Waals surface area (Å²) in [5, 5.41) is 2.97. The van der Waals surface area contributed by atoms with E-state index in [-0.39, 0.29) is 17.6 Å². The lowest BCUT2D eigenvalue weighted by molar-refractivity contribution is 0.122. The molecule has 24 heavy (non-hydrogen) atoms. The molecule has 4 rings (SSSR count). The maximum absolute atomic E-state index is 12.2. The highest BCUT2D eigenvalue weighted by Gasteiger charge is 2.36. The van der Waals surface area contributed by atoms with Crippen molar-refractivity contribution in [2.45, 2.75) is 30.7 Å². The zero-order valence-corrected chi connectivity index (χ0v) is 13.6. The van der Waals surface area contributed by atoms with E-state index >= 15 is 0 Å². The van der Waals surface area contributed by atoms with Crippen molar-refractivity contribution in [1.82, 2.24) is 5.32 Å². The van der Waals surface area contributed by atoms with Crippen LogP contribution in [0.5, 0.6) is 0 Å². The lowest BCUT2D eigenvalue weighted by atomic mass is 9.77. The van der Waals surface area contributed by atoms with Gasteiger partial charge in [-0.25, -0.2) is 4.79 Å². The Balaban J connectivity index is 1.50. The van der Waals surface area contributed by atoms with Crippen molar-refractivity contribution in [3.8, 4) is 11.1 Å². The third-order valence-electron chi connectivity index (χ3n) is 5.33. The summed E-state index contributed by atoms with van der Waals surface area (Å²) in [4.78, 5) is 12.2. The zero-order chi connectivity index (χ0) is 16.6. The minimum atomic E-state index is -0.350. The second kappa shape index (κ2) is 5.82. The van der Waals surface area contributed by atoms with E-state index in [1.165, 1.54) is 22.3 Å². The van der Waals surface area contributed by atoms with Gasteiger partial charge >= 0.3 is 6.09 Å². The minimum absolute atomic E-state index is 0.101. The van der Waals surface area contributed by atoms with Crippen molar-refractivity contribution in [3.63, 3.8) is 0 Å². The molecule has 2 aromatic rings. The molecule has 3 nitrogen and oxygen atoms in total. The van der Waals surface area contributed by atoms with Gasteiger partial charge in [-0.15, -0.1) is 6.58 Å². The van der Waals surface area contributed by atoms with E-state index < -0.39 is 0 Å². The summed E-state index contributed by atoms with van der Waals surface area (Å²) in [6.07, 6.45) is 4.49. The van der Waals surface area contributed by atoms with Gasteiger partial charge in [0.2, 0.25) is 0 Å². The molecule has 1 N–H and O–H groups in total. The average Bonchev–Trinajstić information content (AvgIpc) is 2.90. The Morgan fingerprint density at radius 3 is 2.21 bits per heavy atom. The number of ether oxygens (including phenoxy) is 1. The van der Waals surface area contributed by atoms with Gasteiger partial charge in [0.25, 0.3) is 0 Å². The second-order valence-corrected chi connectivity index (χ2v) is 6.66. The van der Waals surface area contributed by atoms with E-state index in [4.69, 9.17) is 4.74 Å². The van der Waals surface area contributed by atoms with Gasteiger partial charge in [0.15, 0.2) is 0 Å². The lowest BCUT2D eigenvalue weighted by Gasteiger charge is -2.39. The smallest absolute Gasteiger partial charge is 0.407 e. The highest BCUT2D eigenvalue weighted by molar-refractivity contribution is 5.79. The Kier molecular flexibility index (Phi) is 3.64. The van der Waals surface area contributed by atoms with Crippen LogP contribution in [0.4, 0.5) is 4.79 Å². The van der Waals surface area contributed by atoms with Gasteiger partial charge in [0.05, 0.1) is 5.54 Å². The van der Waals surface area contributed by atoms with Crippen molar-refractivity contribution in [3.05, 3.63) is 72.3 Å². The van der Waals surface area contributed by atoms with Gasteiger partial charge in [0.1, 0.15) is 6.61 Å². The topological polar surface area (TPSA) is 38.3 Å². The van der Waals surface area contributed by atoms with Crippen molar-refractivity contribution >= 4 is 6.09 Å². The van der Waals surface area contributed by atoms with Gasteiger partial charge in [-0.3, -0.25) is 0 Å². The van der Waals surface area contributed by atoms with Gasteiger partial charge < -0.3 is 10.1 Å². The molecular weight excluding hydrogens is 298 g/mol. The normalized spacial score (nSPS) is 17.3. The van der Waals surface area contributed by atoms with Crippen LogP contribution in [0, 0.1) is 0 Å². The van der Waals surface area contributed by atoms with Gasteiger partial charge in [-0.2, -0.15) is 0 Å². The van der Waals surface area contributed by atoms with Crippen molar-refractivity contribution in [2.75, 3.05) is 6.61 Å². The van der Waals surface area contributed by atoms with Gasteiger partial charge in [-0.1, -0.05) is 54.6 Å². The molecule has 0 unspecified atom stereocenters. The third kappa shape index (κ3) is 2.41. The molecule has 3 heteroatoms. The van der Waals surface area contributed by atoms with E-state index in [1.807, 2.05) is 18.2 Å². The van der Waals surface area contributed by atoms with Gasteiger partial charge in [0, 0.05) is 5.92 Å². The Bertz CT molecular complexity index is 746. The number of fused-ring (bicyclic) bond motifs is 3. The molecule has 0 spiro atoms. The maximum Gasteiger partial charge on any atom is 0.407 e. The molecule has 1 saturated carbocycles. The first-order chi connectivity index (χ1) is 11.7. The summed E-state index contributed by atoms with van der Waals surface area (Å²) in [5.41, 5.74) is 4.68. The van der Waals surface area contributed by atoms with Crippen LogP contribution in [-0.2, 0) is 4.74 Å². The molecule has 2 aromatic carbocycles. The quantitative estimate of drug-likeness (QED) is 0.834. The van der Waals surface area contributed by atoms with Crippen LogP contribution in [0.15, 0.2) is 61.2 Å². The molecule has 0 bridgehead atoms. The molecule has 0 aliphatic heterocycles. The monoisotopic (exact) mass is 319 g/mol. The average molecular weight is 319 g/mol. The molecule has 2 aliphatic rings. The summed E-state index contributed by atoms with van der Waals surface area (Å²) in [6.45, 7) is 4.19. The molecule has 1 fully saturated rings. The number of carbonyl (C=O) groups excluding carboxylic acids is 1. The van der Waals surface area contributed by atoms with Crippen LogP contribution < -0.4 is 5.32 Å². The first kappa shape index (κ1) is 15.0. The lowest BCUT2D eigenvalue weighted by Crippen LogP contribution is -2.52. The highest BCUT2D eigenvalue weighted by Crippen LogP contribution is 2.44. The number of carbonyl (C=O) groups is 1. The number of benzene rings is 2. The number of hydrogen-bond acceptors (Lipinski definition) is 2. The van der Waals surface area contributed by atoms with Gasteiger partial charge in [-0.05, 0) is 41.5 Å². The maximum atomic E-state index is 12.2. The summed E-state index contributed by atoms with van der Waals surface area (Å²) in [5.74, 6) is 0.101. The predicted octanol–water partition coefficient (Wildman–Crippen LogP) is 4.63. The molecule has 0 saturated heterocycles. The van der Waals surface area contributed by atoms with E-state index in [1.54, 1.807) is 0 Å². The number of alkyl carbamates (subject to hydrolysis) is 1. The van der Waals surface area contributed by atoms with E-state index in [2.05, 4.69) is 48.3 Å². The second-order valence-electron chi connectivity index (χ2n) is 6.66. The molecule has 0 radical (unpaired) electrons.